The van der Waals surface area contributed by atoms with E-state index in [0.717, 1.165) is 0 Å². The van der Waals surface area contributed by atoms with Crippen molar-refractivity contribution in [1.82, 2.24) is 14.8 Å². The van der Waals surface area contributed by atoms with Crippen molar-refractivity contribution in [2.45, 2.75) is 25.7 Å². The van der Waals surface area contributed by atoms with Gasteiger partial charge in [-0.15, -0.1) is 23.5 Å². The van der Waals surface area contributed by atoms with E-state index in [1.54, 1.807) is 29.0 Å². The highest BCUT2D eigenvalue weighted by Gasteiger charge is 2.46. The molecule has 1 aromatic rings. The fourth-order valence-electron chi connectivity index (χ4n) is 3.74. The predicted molar refractivity (Wildman–Crippen MR) is 128 cm³/mol. The molecule has 1 aromatic heterocycles. The Kier molecular flexibility index (Phi) is 7.72. The van der Waals surface area contributed by atoms with Crippen LogP contribution < -0.4 is 4.90 Å². The van der Waals surface area contributed by atoms with Crippen LogP contribution in [0.1, 0.15) is 13.3 Å². The summed E-state index contributed by atoms with van der Waals surface area (Å²) in [7, 11) is 1.65. The third-order valence-corrected chi connectivity index (χ3v) is 8.46. The monoisotopic (exact) mass is 512 g/mol. The number of piperazine rings is 1. The number of rotatable bonds is 4. The summed E-state index contributed by atoms with van der Waals surface area (Å²) in [6, 6.07) is 3.28. The number of hydrogen-bond acceptors (Lipinski definition) is 8. The Hall–Kier alpha value is -1.95. The van der Waals surface area contributed by atoms with Gasteiger partial charge in [0.15, 0.2) is 0 Å². The molecule has 0 N–H and O–H groups in total. The lowest BCUT2D eigenvalue weighted by Crippen LogP contribution is -2.52. The van der Waals surface area contributed by atoms with Crippen LogP contribution in [0, 0.1) is 0 Å². The van der Waals surface area contributed by atoms with Gasteiger partial charge < -0.3 is 19.3 Å². The highest BCUT2D eigenvalue weighted by atomic mass is 35.5. The van der Waals surface area contributed by atoms with Crippen LogP contribution in [0.3, 0.4) is 0 Å². The summed E-state index contributed by atoms with van der Waals surface area (Å²) in [5, 5.41) is 0.444. The van der Waals surface area contributed by atoms with Crippen molar-refractivity contribution in [2.75, 3.05) is 49.7 Å². The molecule has 4 heterocycles. The van der Waals surface area contributed by atoms with E-state index in [1.165, 1.54) is 34.6 Å². The van der Waals surface area contributed by atoms with E-state index in [-0.39, 0.29) is 17.9 Å². The normalized spacial score (nSPS) is 23.5. The largest absolute Gasteiger partial charge is 0.420 e. The summed E-state index contributed by atoms with van der Waals surface area (Å²) in [6.07, 6.45) is 0.435. The lowest BCUT2D eigenvalue weighted by Gasteiger charge is -2.35. The van der Waals surface area contributed by atoms with Gasteiger partial charge in [-0.2, -0.15) is 0 Å². The van der Waals surface area contributed by atoms with Crippen LogP contribution in [0.2, 0.25) is 5.02 Å². The van der Waals surface area contributed by atoms with E-state index >= 15 is 0 Å². The molecule has 0 aliphatic carbocycles. The third kappa shape index (κ3) is 5.11. The molecule has 3 aliphatic heterocycles. The molecular weight excluding hydrogens is 488 g/mol. The summed E-state index contributed by atoms with van der Waals surface area (Å²) in [5.41, 5.74) is 0. The average Bonchev–Trinajstić information content (AvgIpc) is 2.97. The van der Waals surface area contributed by atoms with Gasteiger partial charge in [-0.05, 0) is 12.1 Å². The van der Waals surface area contributed by atoms with E-state index < -0.39 is 12.3 Å². The first-order chi connectivity index (χ1) is 15.9. The summed E-state index contributed by atoms with van der Waals surface area (Å²) in [5.74, 6) is 1.44. The number of hydrogen-bond donors (Lipinski definition) is 0. The number of halogens is 1. The van der Waals surface area contributed by atoms with E-state index in [9.17, 15) is 14.4 Å². The number of methoxy groups -OCH3 is 1. The quantitative estimate of drug-likeness (QED) is 0.608. The molecule has 2 atom stereocenters. The molecule has 178 valence electrons. The van der Waals surface area contributed by atoms with Crippen molar-refractivity contribution < 1.29 is 23.9 Å². The van der Waals surface area contributed by atoms with Crippen molar-refractivity contribution in [1.29, 1.82) is 0 Å². The molecule has 0 bridgehead atoms. The third-order valence-electron chi connectivity index (χ3n) is 5.63. The zero-order valence-electron chi connectivity index (χ0n) is 18.4. The zero-order chi connectivity index (χ0) is 23.5. The Morgan fingerprint density at radius 1 is 1.15 bits per heavy atom. The lowest BCUT2D eigenvalue weighted by atomic mass is 10.3. The number of aromatic nitrogens is 1. The molecule has 4 rings (SSSR count). The molecule has 0 spiro atoms. The van der Waals surface area contributed by atoms with Crippen molar-refractivity contribution in [3.8, 4) is 0 Å². The second-order valence-corrected chi connectivity index (χ2v) is 10.2. The van der Waals surface area contributed by atoms with Crippen LogP contribution in [-0.4, -0.2) is 89.8 Å². The second kappa shape index (κ2) is 10.5. The van der Waals surface area contributed by atoms with E-state index in [0.29, 0.717) is 64.8 Å². The smallest absolute Gasteiger partial charge is 0.412 e. The van der Waals surface area contributed by atoms with E-state index in [4.69, 9.17) is 21.1 Å². The zero-order valence-corrected chi connectivity index (χ0v) is 20.7. The number of carbonyl (C=O) groups excluding carboxylic acids is 3. The summed E-state index contributed by atoms with van der Waals surface area (Å²) < 4.78 is 11.4. The fourth-order valence-corrected chi connectivity index (χ4v) is 6.56. The molecule has 3 amide bonds. The Balaban J connectivity index is 1.54. The first kappa shape index (κ1) is 24.2. The summed E-state index contributed by atoms with van der Waals surface area (Å²) in [4.78, 5) is 48.6. The van der Waals surface area contributed by atoms with Crippen molar-refractivity contribution in [2.24, 2.45) is 0 Å². The molecule has 9 nitrogen and oxygen atoms in total. The minimum Gasteiger partial charge on any atom is -0.420 e. The van der Waals surface area contributed by atoms with Crippen molar-refractivity contribution >= 4 is 58.9 Å². The van der Waals surface area contributed by atoms with Crippen LogP contribution >= 0.6 is 35.1 Å². The van der Waals surface area contributed by atoms with Gasteiger partial charge in [0.05, 0.1) is 20.9 Å². The van der Waals surface area contributed by atoms with Crippen LogP contribution in [0.5, 0.6) is 0 Å². The molecule has 12 heteroatoms. The maximum absolute atomic E-state index is 13.4. The first-order valence-corrected chi connectivity index (χ1v) is 13.0. The molecular formula is C21H25ClN4O5S2. The van der Waals surface area contributed by atoms with Gasteiger partial charge in [0.25, 0.3) is 5.91 Å². The van der Waals surface area contributed by atoms with Crippen LogP contribution in [-0.2, 0) is 19.1 Å². The van der Waals surface area contributed by atoms with Gasteiger partial charge in [-0.3, -0.25) is 9.59 Å². The average molecular weight is 513 g/mol. The van der Waals surface area contributed by atoms with E-state index in [1.807, 2.05) is 6.92 Å². The molecule has 33 heavy (non-hydrogen) atoms. The Labute approximate surface area is 205 Å². The van der Waals surface area contributed by atoms with Crippen LogP contribution in [0.4, 0.5) is 10.6 Å². The first-order valence-electron chi connectivity index (χ1n) is 10.6. The number of carbonyl (C=O) groups is 3. The number of nitrogens with zero attached hydrogens (tertiary/aromatic N) is 4. The van der Waals surface area contributed by atoms with Gasteiger partial charge in [-0.1, -0.05) is 18.5 Å². The molecule has 1 fully saturated rings. The molecule has 0 saturated carbocycles. The number of anilines is 1. The van der Waals surface area contributed by atoms with Gasteiger partial charge in [0.2, 0.25) is 12.1 Å². The van der Waals surface area contributed by atoms with Crippen LogP contribution in [0.25, 0.3) is 0 Å². The molecule has 0 radical (unpaired) electrons. The second-order valence-electron chi connectivity index (χ2n) is 7.64. The van der Waals surface area contributed by atoms with Gasteiger partial charge >= 0.3 is 6.09 Å². The Morgan fingerprint density at radius 2 is 1.85 bits per heavy atom. The number of pyridine rings is 1. The molecule has 2 unspecified atom stereocenters. The minimum atomic E-state index is -0.919. The topological polar surface area (TPSA) is 92.3 Å². The lowest BCUT2D eigenvalue weighted by molar-refractivity contribution is -0.132. The van der Waals surface area contributed by atoms with Gasteiger partial charge in [0, 0.05) is 57.4 Å². The Bertz CT molecular complexity index is 952. The highest BCUT2D eigenvalue weighted by Crippen LogP contribution is 2.45. The maximum atomic E-state index is 13.4. The van der Waals surface area contributed by atoms with Crippen molar-refractivity contribution in [3.05, 3.63) is 33.2 Å². The summed E-state index contributed by atoms with van der Waals surface area (Å²) >= 11 is 8.85. The fraction of sp³-hybridized carbons (Fsp3) is 0.524. The SMILES string of the molecule is CCC(=O)N1CCN(C(=O)OC2C3=C(SCC(OC)CS3)C(=O)N2c2ccc(Cl)cn2)CC1. The van der Waals surface area contributed by atoms with Gasteiger partial charge in [0.1, 0.15) is 5.82 Å². The number of ether oxygens (including phenoxy) is 2. The standard InChI is InChI=1S/C21H25ClN4O5S2/c1-3-16(27)24-6-8-25(9-7-24)21(29)31-20-18-17(32-11-14(30-2)12-33-18)19(28)26(20)15-5-4-13(22)10-23-15/h4-5,10,14,20H,3,6-9,11-12H2,1-2H3. The van der Waals surface area contributed by atoms with Gasteiger partial charge in [-0.25, -0.2) is 14.7 Å². The number of amides is 3. The highest BCUT2D eigenvalue weighted by molar-refractivity contribution is 8.08. The molecule has 3 aliphatic rings. The summed E-state index contributed by atoms with van der Waals surface area (Å²) in [6.45, 7) is 3.50. The maximum Gasteiger partial charge on any atom is 0.412 e. The minimum absolute atomic E-state index is 0.0129. The van der Waals surface area contributed by atoms with E-state index in [2.05, 4.69) is 4.98 Å². The molecule has 0 aromatic carbocycles. The molecule has 1 saturated heterocycles. The van der Waals surface area contributed by atoms with Crippen LogP contribution in [0.15, 0.2) is 28.1 Å². The predicted octanol–water partition coefficient (Wildman–Crippen LogP) is 2.81. The Morgan fingerprint density at radius 3 is 2.48 bits per heavy atom. The number of thioether (sulfide) groups is 2. The van der Waals surface area contributed by atoms with Crippen molar-refractivity contribution in [3.63, 3.8) is 0 Å².